The van der Waals surface area contributed by atoms with E-state index in [1.165, 1.54) is 14.0 Å². The molecule has 0 aliphatic heterocycles. The molecule has 2 unspecified atom stereocenters. The molecule has 0 bridgehead atoms. The van der Waals surface area contributed by atoms with Crippen LogP contribution in [0.1, 0.15) is 50.7 Å². The Labute approximate surface area is 206 Å². The maximum atomic E-state index is 13.0. The van der Waals surface area contributed by atoms with Gasteiger partial charge in [0.05, 0.1) is 6.61 Å². The fourth-order valence-electron chi connectivity index (χ4n) is 4.38. The van der Waals surface area contributed by atoms with Crippen LogP contribution in [-0.2, 0) is 19.1 Å². The molecule has 0 heterocycles. The van der Waals surface area contributed by atoms with Crippen molar-refractivity contribution in [2.45, 2.75) is 51.1 Å². The van der Waals surface area contributed by atoms with Crippen LogP contribution < -0.4 is 10.6 Å². The van der Waals surface area contributed by atoms with Crippen LogP contribution in [0.5, 0.6) is 0 Å². The molecule has 3 N–H and O–H groups in total. The molecule has 2 aromatic rings. The molecule has 0 saturated carbocycles. The smallest absolute Gasteiger partial charge is 0.408 e. The number of ether oxygens (including phenoxy) is 2. The van der Waals surface area contributed by atoms with E-state index in [2.05, 4.69) is 10.6 Å². The van der Waals surface area contributed by atoms with E-state index in [-0.39, 0.29) is 31.5 Å². The third-order valence-electron chi connectivity index (χ3n) is 6.29. The van der Waals surface area contributed by atoms with Crippen molar-refractivity contribution in [3.8, 4) is 11.1 Å². The average Bonchev–Trinajstić information content (AvgIpc) is 3.13. The number of carbonyl (C=O) groups is 3. The number of methoxy groups -OCH3 is 1. The van der Waals surface area contributed by atoms with Gasteiger partial charge in [-0.2, -0.15) is 0 Å². The zero-order chi connectivity index (χ0) is 25.6. The highest BCUT2D eigenvalue weighted by molar-refractivity contribution is 5.92. The SMILES string of the molecule is COCC(C)(NC(=O)OCC1c2ccccc2-c2ccccc21)C(=O)NC(CCC(C)C)C(=O)O. The van der Waals surface area contributed by atoms with Crippen molar-refractivity contribution in [2.24, 2.45) is 5.92 Å². The number of hydrogen-bond acceptors (Lipinski definition) is 5. The van der Waals surface area contributed by atoms with Gasteiger partial charge in [-0.3, -0.25) is 4.79 Å². The number of hydrogen-bond donors (Lipinski definition) is 3. The minimum absolute atomic E-state index is 0.0939. The summed E-state index contributed by atoms with van der Waals surface area (Å²) < 4.78 is 10.7. The summed E-state index contributed by atoms with van der Waals surface area (Å²) in [4.78, 5) is 37.4. The van der Waals surface area contributed by atoms with E-state index in [0.29, 0.717) is 6.42 Å². The van der Waals surface area contributed by atoms with E-state index in [1.807, 2.05) is 62.4 Å². The van der Waals surface area contributed by atoms with Gasteiger partial charge in [-0.05, 0) is 47.9 Å². The fraction of sp³-hybridized carbons (Fsp3) is 0.444. The lowest BCUT2D eigenvalue weighted by molar-refractivity contribution is -0.143. The average molecular weight is 483 g/mol. The predicted octanol–water partition coefficient (Wildman–Crippen LogP) is 3.94. The zero-order valence-corrected chi connectivity index (χ0v) is 20.7. The first-order valence-corrected chi connectivity index (χ1v) is 11.8. The van der Waals surface area contributed by atoms with Crippen molar-refractivity contribution < 1.29 is 29.0 Å². The molecule has 35 heavy (non-hydrogen) atoms. The topological polar surface area (TPSA) is 114 Å². The Morgan fingerprint density at radius 3 is 2.09 bits per heavy atom. The van der Waals surface area contributed by atoms with Crippen LogP contribution in [-0.4, -0.2) is 55.0 Å². The Bertz CT molecular complexity index is 1020. The number of alkyl carbamates (subject to hydrolysis) is 1. The molecule has 8 heteroatoms. The van der Waals surface area contributed by atoms with E-state index in [9.17, 15) is 19.5 Å². The molecule has 0 saturated heterocycles. The highest BCUT2D eigenvalue weighted by atomic mass is 16.5. The maximum Gasteiger partial charge on any atom is 0.408 e. The van der Waals surface area contributed by atoms with Crippen LogP contribution in [0.25, 0.3) is 11.1 Å². The summed E-state index contributed by atoms with van der Waals surface area (Å²) >= 11 is 0. The highest BCUT2D eigenvalue weighted by Gasteiger charge is 2.38. The number of carboxylic acid groups (broad SMARTS) is 1. The van der Waals surface area contributed by atoms with E-state index in [4.69, 9.17) is 9.47 Å². The number of fused-ring (bicyclic) bond motifs is 3. The normalized spacial score (nSPS) is 15.0. The molecule has 0 fully saturated rings. The number of amides is 2. The van der Waals surface area contributed by atoms with E-state index in [1.54, 1.807) is 0 Å². The standard InChI is InChI=1S/C27H34N2O6/c1-17(2)13-14-23(24(30)31)28-25(32)27(3,16-34-4)29-26(33)35-15-22-20-11-7-5-9-18(20)19-10-6-8-12-21(19)22/h5-12,17,22-23H,13-16H2,1-4H3,(H,28,32)(H,29,33)(H,30,31). The highest BCUT2D eigenvalue weighted by Crippen LogP contribution is 2.44. The Morgan fingerprint density at radius 1 is 1.00 bits per heavy atom. The van der Waals surface area contributed by atoms with E-state index >= 15 is 0 Å². The van der Waals surface area contributed by atoms with Crippen molar-refractivity contribution in [3.63, 3.8) is 0 Å². The summed E-state index contributed by atoms with van der Waals surface area (Å²) in [5, 5.41) is 14.6. The fourth-order valence-corrected chi connectivity index (χ4v) is 4.38. The Kier molecular flexibility index (Phi) is 8.51. The van der Waals surface area contributed by atoms with Gasteiger partial charge in [-0.15, -0.1) is 0 Å². The summed E-state index contributed by atoms with van der Waals surface area (Å²) in [6.07, 6.45) is 0.140. The van der Waals surface area contributed by atoms with Crippen molar-refractivity contribution in [3.05, 3.63) is 59.7 Å². The Balaban J connectivity index is 1.67. The first-order chi connectivity index (χ1) is 16.7. The first kappa shape index (κ1) is 26.2. The van der Waals surface area contributed by atoms with Crippen molar-refractivity contribution in [1.82, 2.24) is 10.6 Å². The molecule has 2 amide bonds. The molecular formula is C27H34N2O6. The minimum atomic E-state index is -1.51. The Hall–Kier alpha value is -3.39. The van der Waals surface area contributed by atoms with E-state index in [0.717, 1.165) is 22.3 Å². The van der Waals surface area contributed by atoms with Gasteiger partial charge in [-0.1, -0.05) is 62.4 Å². The molecule has 188 valence electrons. The van der Waals surface area contributed by atoms with Gasteiger partial charge in [0.1, 0.15) is 18.2 Å². The molecule has 3 rings (SSSR count). The lowest BCUT2D eigenvalue weighted by Crippen LogP contribution is -2.62. The lowest BCUT2D eigenvalue weighted by Gasteiger charge is -2.30. The molecule has 0 spiro atoms. The molecule has 1 aliphatic rings. The minimum Gasteiger partial charge on any atom is -0.480 e. The molecule has 0 radical (unpaired) electrons. The lowest BCUT2D eigenvalue weighted by atomic mass is 9.98. The van der Waals surface area contributed by atoms with Crippen molar-refractivity contribution in [1.29, 1.82) is 0 Å². The third-order valence-corrected chi connectivity index (χ3v) is 6.29. The van der Waals surface area contributed by atoms with Gasteiger partial charge in [0, 0.05) is 13.0 Å². The van der Waals surface area contributed by atoms with Gasteiger partial charge >= 0.3 is 12.1 Å². The molecular weight excluding hydrogens is 448 g/mol. The number of benzene rings is 2. The summed E-state index contributed by atoms with van der Waals surface area (Å²) in [5.41, 5.74) is 2.87. The van der Waals surface area contributed by atoms with Crippen LogP contribution in [0.15, 0.2) is 48.5 Å². The van der Waals surface area contributed by atoms with Gasteiger partial charge in [0.2, 0.25) is 5.91 Å². The van der Waals surface area contributed by atoms with Crippen LogP contribution in [0, 0.1) is 5.92 Å². The zero-order valence-electron chi connectivity index (χ0n) is 20.7. The summed E-state index contributed by atoms with van der Waals surface area (Å²) in [5.74, 6) is -1.61. The van der Waals surface area contributed by atoms with Crippen molar-refractivity contribution in [2.75, 3.05) is 20.3 Å². The van der Waals surface area contributed by atoms with Gasteiger partial charge in [0.25, 0.3) is 0 Å². The third kappa shape index (κ3) is 6.19. The summed E-state index contributed by atoms with van der Waals surface area (Å²) in [7, 11) is 1.40. The van der Waals surface area contributed by atoms with Gasteiger partial charge in [-0.25, -0.2) is 9.59 Å². The second-order valence-corrected chi connectivity index (χ2v) is 9.55. The maximum absolute atomic E-state index is 13.0. The molecule has 0 aromatic heterocycles. The Morgan fingerprint density at radius 2 is 1.57 bits per heavy atom. The molecule has 8 nitrogen and oxygen atoms in total. The summed E-state index contributed by atoms with van der Waals surface area (Å²) in [6.45, 7) is 5.38. The number of carbonyl (C=O) groups excluding carboxylic acids is 2. The predicted molar refractivity (Wildman–Crippen MR) is 132 cm³/mol. The van der Waals surface area contributed by atoms with Crippen LogP contribution in [0.4, 0.5) is 4.79 Å². The van der Waals surface area contributed by atoms with Crippen molar-refractivity contribution >= 4 is 18.0 Å². The van der Waals surface area contributed by atoms with Crippen LogP contribution in [0.3, 0.4) is 0 Å². The number of rotatable bonds is 11. The quantitative estimate of drug-likeness (QED) is 0.447. The molecule has 1 aliphatic carbocycles. The largest absolute Gasteiger partial charge is 0.480 e. The monoisotopic (exact) mass is 482 g/mol. The molecule has 2 atom stereocenters. The molecule has 2 aromatic carbocycles. The number of carboxylic acids is 1. The number of nitrogens with one attached hydrogen (secondary N) is 2. The first-order valence-electron chi connectivity index (χ1n) is 11.8. The van der Waals surface area contributed by atoms with Gasteiger partial charge < -0.3 is 25.2 Å². The second-order valence-electron chi connectivity index (χ2n) is 9.55. The van der Waals surface area contributed by atoms with Gasteiger partial charge in [0.15, 0.2) is 0 Å². The van der Waals surface area contributed by atoms with E-state index < -0.39 is 29.6 Å². The number of aliphatic carboxylic acids is 1. The van der Waals surface area contributed by atoms with Crippen LogP contribution >= 0.6 is 0 Å². The van der Waals surface area contributed by atoms with Crippen LogP contribution in [0.2, 0.25) is 0 Å². The summed E-state index contributed by atoms with van der Waals surface area (Å²) in [6, 6.07) is 14.9. The second kappa shape index (κ2) is 11.4.